The molecule has 1 amide bonds. The van der Waals surface area contributed by atoms with Crippen LogP contribution in [0.4, 0.5) is 5.13 Å². The Kier molecular flexibility index (Phi) is 5.36. The number of hydrogen-bond donors (Lipinski definition) is 0. The first-order valence-electron chi connectivity index (χ1n) is 9.94. The van der Waals surface area contributed by atoms with Crippen LogP contribution in [0.3, 0.4) is 0 Å². The first kappa shape index (κ1) is 19.7. The standard InChI is InChI=1S/C24H19N3O2S2/c1-2-29-19-9-6-10-20-22(19)26-24(31-20)27(14-16-7-4-3-5-8-16)23(28)17-11-12-18-21(13-17)30-15-25-18/h3-13,15H,2,14H2,1H3. The minimum atomic E-state index is -0.0869. The van der Waals surface area contributed by atoms with E-state index in [1.807, 2.05) is 73.7 Å². The predicted molar refractivity (Wildman–Crippen MR) is 127 cm³/mol. The van der Waals surface area contributed by atoms with Gasteiger partial charge in [0.1, 0.15) is 11.3 Å². The van der Waals surface area contributed by atoms with Gasteiger partial charge in [-0.3, -0.25) is 9.69 Å². The first-order valence-corrected chi connectivity index (χ1v) is 11.6. The summed E-state index contributed by atoms with van der Waals surface area (Å²) < 4.78 is 7.73. The van der Waals surface area contributed by atoms with Crippen molar-refractivity contribution in [2.45, 2.75) is 13.5 Å². The first-order chi connectivity index (χ1) is 15.2. The molecule has 2 heterocycles. The molecule has 5 nitrogen and oxygen atoms in total. The molecule has 0 radical (unpaired) electrons. The van der Waals surface area contributed by atoms with E-state index in [2.05, 4.69) is 4.98 Å². The maximum atomic E-state index is 13.6. The molecular weight excluding hydrogens is 426 g/mol. The topological polar surface area (TPSA) is 55.3 Å². The van der Waals surface area contributed by atoms with Gasteiger partial charge in [0.2, 0.25) is 0 Å². The molecule has 3 aromatic carbocycles. The molecule has 31 heavy (non-hydrogen) atoms. The molecule has 0 atom stereocenters. The Morgan fingerprint density at radius 3 is 2.74 bits per heavy atom. The van der Waals surface area contributed by atoms with E-state index in [1.54, 1.807) is 10.4 Å². The molecule has 0 aliphatic rings. The highest BCUT2D eigenvalue weighted by Crippen LogP contribution is 2.35. The summed E-state index contributed by atoms with van der Waals surface area (Å²) in [6, 6.07) is 21.5. The van der Waals surface area contributed by atoms with Gasteiger partial charge >= 0.3 is 0 Å². The lowest BCUT2D eigenvalue weighted by Crippen LogP contribution is -2.30. The predicted octanol–water partition coefficient (Wildman–Crippen LogP) is 6.15. The summed E-state index contributed by atoms with van der Waals surface area (Å²) in [5, 5.41) is 0.653. The SMILES string of the molecule is CCOc1cccc2sc(N(Cc3ccccc3)C(=O)c3ccc4ncsc4c3)nc12. The zero-order chi connectivity index (χ0) is 21.2. The van der Waals surface area contributed by atoms with Crippen molar-refractivity contribution in [3.05, 3.63) is 83.4 Å². The molecule has 5 rings (SSSR count). The maximum Gasteiger partial charge on any atom is 0.260 e. The van der Waals surface area contributed by atoms with E-state index in [0.717, 1.165) is 31.7 Å². The van der Waals surface area contributed by atoms with Crippen LogP contribution in [0.1, 0.15) is 22.8 Å². The second-order valence-electron chi connectivity index (χ2n) is 6.94. The van der Waals surface area contributed by atoms with Crippen LogP contribution in [0.5, 0.6) is 5.75 Å². The fraction of sp³-hybridized carbons (Fsp3) is 0.125. The van der Waals surface area contributed by atoms with Gasteiger partial charge in [0.05, 0.1) is 33.6 Å². The van der Waals surface area contributed by atoms with Crippen LogP contribution in [0.15, 0.2) is 72.2 Å². The molecule has 0 spiro atoms. The van der Waals surface area contributed by atoms with E-state index in [9.17, 15) is 4.79 Å². The van der Waals surface area contributed by atoms with E-state index in [4.69, 9.17) is 9.72 Å². The van der Waals surface area contributed by atoms with Gasteiger partial charge < -0.3 is 4.74 Å². The average Bonchev–Trinajstić information content (AvgIpc) is 3.45. The monoisotopic (exact) mass is 445 g/mol. The number of carbonyl (C=O) groups is 1. The average molecular weight is 446 g/mol. The van der Waals surface area contributed by atoms with E-state index >= 15 is 0 Å². The van der Waals surface area contributed by atoms with Gasteiger partial charge in [0.25, 0.3) is 5.91 Å². The van der Waals surface area contributed by atoms with E-state index in [0.29, 0.717) is 23.8 Å². The number of rotatable bonds is 6. The fourth-order valence-corrected chi connectivity index (χ4v) is 5.13. The third-order valence-corrected chi connectivity index (χ3v) is 6.74. The Labute approximate surface area is 187 Å². The van der Waals surface area contributed by atoms with Gasteiger partial charge in [0.15, 0.2) is 5.13 Å². The number of hydrogen-bond acceptors (Lipinski definition) is 6. The quantitative estimate of drug-likeness (QED) is 0.314. The number of benzene rings is 3. The van der Waals surface area contributed by atoms with Crippen LogP contribution in [-0.4, -0.2) is 22.5 Å². The highest BCUT2D eigenvalue weighted by Gasteiger charge is 2.23. The summed E-state index contributed by atoms with van der Waals surface area (Å²) >= 11 is 3.03. The lowest BCUT2D eigenvalue weighted by molar-refractivity contribution is 0.0985. The lowest BCUT2D eigenvalue weighted by Gasteiger charge is -2.20. The van der Waals surface area contributed by atoms with Crippen molar-refractivity contribution >= 4 is 54.1 Å². The highest BCUT2D eigenvalue weighted by molar-refractivity contribution is 7.22. The molecular formula is C24H19N3O2S2. The largest absolute Gasteiger partial charge is 0.492 e. The third-order valence-electron chi connectivity index (χ3n) is 4.91. The van der Waals surface area contributed by atoms with Crippen LogP contribution in [-0.2, 0) is 6.54 Å². The number of nitrogens with zero attached hydrogens (tertiary/aromatic N) is 3. The summed E-state index contributed by atoms with van der Waals surface area (Å²) in [4.78, 5) is 24.5. The van der Waals surface area contributed by atoms with Crippen molar-refractivity contribution in [3.63, 3.8) is 0 Å². The van der Waals surface area contributed by atoms with Gasteiger partial charge in [0, 0.05) is 5.56 Å². The van der Waals surface area contributed by atoms with Gasteiger partial charge in [-0.25, -0.2) is 9.97 Å². The molecule has 0 aliphatic heterocycles. The summed E-state index contributed by atoms with van der Waals surface area (Å²) in [5.41, 5.74) is 5.14. The van der Waals surface area contributed by atoms with Gasteiger partial charge in [-0.15, -0.1) is 11.3 Å². The molecule has 0 saturated carbocycles. The maximum absolute atomic E-state index is 13.6. The Morgan fingerprint density at radius 2 is 1.90 bits per heavy atom. The molecule has 0 saturated heterocycles. The van der Waals surface area contributed by atoms with Crippen LogP contribution in [0.2, 0.25) is 0 Å². The molecule has 0 bridgehead atoms. The Balaban J connectivity index is 1.59. The van der Waals surface area contributed by atoms with E-state index < -0.39 is 0 Å². The number of amides is 1. The molecule has 154 valence electrons. The lowest BCUT2D eigenvalue weighted by atomic mass is 10.1. The van der Waals surface area contributed by atoms with Crippen molar-refractivity contribution in [2.75, 3.05) is 11.5 Å². The molecule has 0 aliphatic carbocycles. The van der Waals surface area contributed by atoms with Crippen LogP contribution in [0, 0.1) is 0 Å². The molecule has 5 aromatic rings. The number of thiazole rings is 2. The summed E-state index contributed by atoms with van der Waals surface area (Å²) in [5.74, 6) is 0.650. The van der Waals surface area contributed by atoms with Crippen molar-refractivity contribution in [1.82, 2.24) is 9.97 Å². The van der Waals surface area contributed by atoms with Crippen LogP contribution >= 0.6 is 22.7 Å². The van der Waals surface area contributed by atoms with Gasteiger partial charge in [-0.05, 0) is 42.8 Å². The third kappa shape index (κ3) is 3.89. The van der Waals surface area contributed by atoms with Crippen molar-refractivity contribution in [1.29, 1.82) is 0 Å². The Hall–Kier alpha value is -3.29. The number of para-hydroxylation sites is 1. The Bertz CT molecular complexity index is 1360. The summed E-state index contributed by atoms with van der Waals surface area (Å²) in [6.45, 7) is 2.95. The Morgan fingerprint density at radius 1 is 1.03 bits per heavy atom. The van der Waals surface area contributed by atoms with Crippen LogP contribution < -0.4 is 9.64 Å². The number of fused-ring (bicyclic) bond motifs is 2. The van der Waals surface area contributed by atoms with E-state index in [-0.39, 0.29) is 5.91 Å². The molecule has 2 aromatic heterocycles. The van der Waals surface area contributed by atoms with E-state index in [1.165, 1.54) is 22.7 Å². The zero-order valence-electron chi connectivity index (χ0n) is 16.8. The highest BCUT2D eigenvalue weighted by atomic mass is 32.1. The van der Waals surface area contributed by atoms with Crippen molar-refractivity contribution in [2.24, 2.45) is 0 Å². The number of aromatic nitrogens is 2. The van der Waals surface area contributed by atoms with Crippen molar-refractivity contribution < 1.29 is 9.53 Å². The summed E-state index contributed by atoms with van der Waals surface area (Å²) in [6.07, 6.45) is 0. The minimum absolute atomic E-state index is 0.0869. The van der Waals surface area contributed by atoms with Crippen molar-refractivity contribution in [3.8, 4) is 5.75 Å². The number of ether oxygens (including phenoxy) is 1. The van der Waals surface area contributed by atoms with Crippen LogP contribution in [0.25, 0.3) is 20.4 Å². The molecule has 0 N–H and O–H groups in total. The number of anilines is 1. The van der Waals surface area contributed by atoms with Gasteiger partial charge in [-0.1, -0.05) is 47.7 Å². The molecule has 0 fully saturated rings. The molecule has 0 unspecified atom stereocenters. The fourth-order valence-electron chi connectivity index (χ4n) is 3.44. The zero-order valence-corrected chi connectivity index (χ0v) is 18.5. The smallest absolute Gasteiger partial charge is 0.260 e. The number of carbonyl (C=O) groups excluding carboxylic acids is 1. The second-order valence-corrected chi connectivity index (χ2v) is 8.84. The van der Waals surface area contributed by atoms with Gasteiger partial charge in [-0.2, -0.15) is 0 Å². The second kappa shape index (κ2) is 8.45. The minimum Gasteiger partial charge on any atom is -0.492 e. The normalized spacial score (nSPS) is 11.1. The summed E-state index contributed by atoms with van der Waals surface area (Å²) in [7, 11) is 0. The molecule has 7 heteroatoms.